The number of phenolic OH excluding ortho intramolecular Hbond substituents is 1. The van der Waals surface area contributed by atoms with E-state index in [0.29, 0.717) is 6.61 Å². The van der Waals surface area contributed by atoms with Crippen LogP contribution in [0.25, 0.3) is 0 Å². The summed E-state index contributed by atoms with van der Waals surface area (Å²) in [6.45, 7) is 6.34. The molecule has 2 heterocycles. The highest BCUT2D eigenvalue weighted by molar-refractivity contribution is 5.44. The largest absolute Gasteiger partial charge is 0.508 e. The summed E-state index contributed by atoms with van der Waals surface area (Å²) >= 11 is 0. The number of nitrogens with one attached hydrogen (secondary N) is 1. The summed E-state index contributed by atoms with van der Waals surface area (Å²) < 4.78 is 10.9. The number of hydrogen-bond acceptors (Lipinski definition) is 5. The topological polar surface area (TPSA) is 54.0 Å². The Morgan fingerprint density at radius 2 is 2.16 bits per heavy atom. The normalized spacial score (nSPS) is 23.1. The Morgan fingerprint density at radius 1 is 1.32 bits per heavy atom. The first-order chi connectivity index (χ1) is 9.33. The third-order valence-electron chi connectivity index (χ3n) is 3.70. The van der Waals surface area contributed by atoms with Crippen LogP contribution < -0.4 is 10.1 Å². The molecule has 0 radical (unpaired) electrons. The van der Waals surface area contributed by atoms with E-state index in [0.717, 1.165) is 50.7 Å². The number of phenols is 1. The summed E-state index contributed by atoms with van der Waals surface area (Å²) in [6.07, 6.45) is 0. The molecule has 0 aromatic heterocycles. The van der Waals surface area contributed by atoms with Crippen LogP contribution in [-0.4, -0.2) is 56.0 Å². The van der Waals surface area contributed by atoms with Crippen molar-refractivity contribution in [1.29, 1.82) is 0 Å². The summed E-state index contributed by atoms with van der Waals surface area (Å²) in [5, 5.41) is 12.9. The lowest BCUT2D eigenvalue weighted by atomic mass is 10.1. The monoisotopic (exact) mass is 264 g/mol. The summed E-state index contributed by atoms with van der Waals surface area (Å²) in [5.41, 5.74) is 1.14. The maximum Gasteiger partial charge on any atom is 0.127 e. The van der Waals surface area contributed by atoms with Gasteiger partial charge < -0.3 is 19.9 Å². The van der Waals surface area contributed by atoms with Crippen LogP contribution in [0, 0.1) is 0 Å². The molecule has 1 saturated heterocycles. The highest BCUT2D eigenvalue weighted by Crippen LogP contribution is 2.34. The molecule has 0 saturated carbocycles. The van der Waals surface area contributed by atoms with Crippen molar-refractivity contribution in [3.05, 3.63) is 23.8 Å². The van der Waals surface area contributed by atoms with Gasteiger partial charge in [0.15, 0.2) is 0 Å². The summed E-state index contributed by atoms with van der Waals surface area (Å²) in [7, 11) is 0. The number of rotatable bonds is 4. The second kappa shape index (κ2) is 5.77. The van der Waals surface area contributed by atoms with Crippen LogP contribution in [0.5, 0.6) is 11.5 Å². The quantitative estimate of drug-likeness (QED) is 0.840. The van der Waals surface area contributed by atoms with Gasteiger partial charge in [-0.15, -0.1) is 0 Å². The van der Waals surface area contributed by atoms with Crippen LogP contribution in [0.2, 0.25) is 0 Å². The molecule has 5 nitrogen and oxygen atoms in total. The van der Waals surface area contributed by atoms with Gasteiger partial charge in [0, 0.05) is 37.8 Å². The highest BCUT2D eigenvalue weighted by Gasteiger charge is 2.24. The Bertz CT molecular complexity index is 433. The minimum atomic E-state index is 0.233. The fourth-order valence-electron chi connectivity index (χ4n) is 2.59. The average Bonchev–Trinajstić information content (AvgIpc) is 2.82. The van der Waals surface area contributed by atoms with Crippen molar-refractivity contribution in [2.45, 2.75) is 6.04 Å². The van der Waals surface area contributed by atoms with E-state index in [1.54, 1.807) is 12.1 Å². The van der Waals surface area contributed by atoms with E-state index in [1.165, 1.54) is 0 Å². The Balaban J connectivity index is 1.49. The summed E-state index contributed by atoms with van der Waals surface area (Å²) in [4.78, 5) is 2.41. The number of aromatic hydroxyl groups is 1. The van der Waals surface area contributed by atoms with Crippen LogP contribution in [0.3, 0.4) is 0 Å². The molecule has 19 heavy (non-hydrogen) atoms. The summed E-state index contributed by atoms with van der Waals surface area (Å²) in [6, 6.07) is 5.56. The van der Waals surface area contributed by atoms with Gasteiger partial charge in [-0.05, 0) is 12.1 Å². The molecule has 0 amide bonds. The van der Waals surface area contributed by atoms with Crippen molar-refractivity contribution in [2.24, 2.45) is 0 Å². The van der Waals surface area contributed by atoms with Crippen LogP contribution in [0.15, 0.2) is 18.2 Å². The predicted molar refractivity (Wildman–Crippen MR) is 71.6 cm³/mol. The third-order valence-corrected chi connectivity index (χ3v) is 3.70. The Kier molecular flexibility index (Phi) is 3.87. The lowest BCUT2D eigenvalue weighted by Crippen LogP contribution is -2.41. The van der Waals surface area contributed by atoms with Crippen LogP contribution >= 0.6 is 0 Å². The smallest absolute Gasteiger partial charge is 0.127 e. The Morgan fingerprint density at radius 3 is 3.00 bits per heavy atom. The molecule has 5 heteroatoms. The van der Waals surface area contributed by atoms with E-state index in [-0.39, 0.29) is 11.8 Å². The van der Waals surface area contributed by atoms with Gasteiger partial charge in [-0.25, -0.2) is 0 Å². The van der Waals surface area contributed by atoms with Gasteiger partial charge in [-0.1, -0.05) is 0 Å². The number of morpholine rings is 1. The number of benzene rings is 1. The fourth-order valence-corrected chi connectivity index (χ4v) is 2.59. The van der Waals surface area contributed by atoms with Gasteiger partial charge in [-0.3, -0.25) is 4.90 Å². The number of fused-ring (bicyclic) bond motifs is 1. The maximum absolute atomic E-state index is 9.41. The molecule has 104 valence electrons. The van der Waals surface area contributed by atoms with Crippen molar-refractivity contribution in [3.63, 3.8) is 0 Å². The average molecular weight is 264 g/mol. The van der Waals surface area contributed by atoms with Gasteiger partial charge in [-0.2, -0.15) is 0 Å². The number of hydrogen-bond donors (Lipinski definition) is 2. The molecular weight excluding hydrogens is 244 g/mol. The van der Waals surface area contributed by atoms with E-state index in [9.17, 15) is 5.11 Å². The molecule has 2 N–H and O–H groups in total. The lowest BCUT2D eigenvalue weighted by molar-refractivity contribution is 0.0380. The zero-order chi connectivity index (χ0) is 13.1. The molecule has 1 aromatic carbocycles. The SMILES string of the molecule is Oc1ccc2c(c1)OCC2NCCN1CCOCC1. The standard InChI is InChI=1S/C14H20N2O3/c17-11-1-2-12-13(10-19-14(12)9-11)15-3-4-16-5-7-18-8-6-16/h1-2,9,13,15,17H,3-8,10H2. The van der Waals surface area contributed by atoms with E-state index >= 15 is 0 Å². The molecule has 0 spiro atoms. The van der Waals surface area contributed by atoms with E-state index < -0.39 is 0 Å². The van der Waals surface area contributed by atoms with Gasteiger partial charge in [0.25, 0.3) is 0 Å². The zero-order valence-electron chi connectivity index (χ0n) is 11.0. The van der Waals surface area contributed by atoms with Crippen LogP contribution in [-0.2, 0) is 4.74 Å². The van der Waals surface area contributed by atoms with Crippen molar-refractivity contribution in [1.82, 2.24) is 10.2 Å². The van der Waals surface area contributed by atoms with Crippen LogP contribution in [0.1, 0.15) is 11.6 Å². The van der Waals surface area contributed by atoms with Crippen molar-refractivity contribution < 1.29 is 14.6 Å². The molecule has 3 rings (SSSR count). The zero-order valence-corrected chi connectivity index (χ0v) is 11.0. The van der Waals surface area contributed by atoms with Crippen molar-refractivity contribution in [3.8, 4) is 11.5 Å². The molecule has 2 aliphatic heterocycles. The van der Waals surface area contributed by atoms with Gasteiger partial charge >= 0.3 is 0 Å². The first-order valence-electron chi connectivity index (χ1n) is 6.82. The maximum atomic E-state index is 9.41. The second-order valence-electron chi connectivity index (χ2n) is 4.99. The summed E-state index contributed by atoms with van der Waals surface area (Å²) in [5.74, 6) is 1.05. The predicted octanol–water partition coefficient (Wildman–Crippen LogP) is 0.747. The van der Waals surface area contributed by atoms with Gasteiger partial charge in [0.05, 0.1) is 19.3 Å². The molecular formula is C14H20N2O3. The van der Waals surface area contributed by atoms with E-state index in [4.69, 9.17) is 9.47 Å². The number of ether oxygens (including phenoxy) is 2. The molecule has 1 atom stereocenters. The molecule has 0 aliphatic carbocycles. The minimum absolute atomic E-state index is 0.233. The second-order valence-corrected chi connectivity index (χ2v) is 4.99. The first kappa shape index (κ1) is 12.7. The molecule has 1 fully saturated rings. The fraction of sp³-hybridized carbons (Fsp3) is 0.571. The Hall–Kier alpha value is -1.30. The third kappa shape index (κ3) is 3.00. The first-order valence-corrected chi connectivity index (χ1v) is 6.82. The Labute approximate surface area is 113 Å². The van der Waals surface area contributed by atoms with Gasteiger partial charge in [0.2, 0.25) is 0 Å². The molecule has 1 aromatic rings. The number of nitrogens with zero attached hydrogens (tertiary/aromatic N) is 1. The molecule has 1 unspecified atom stereocenters. The van der Waals surface area contributed by atoms with E-state index in [2.05, 4.69) is 10.2 Å². The van der Waals surface area contributed by atoms with Gasteiger partial charge in [0.1, 0.15) is 18.1 Å². The van der Waals surface area contributed by atoms with E-state index in [1.807, 2.05) is 6.07 Å². The molecule has 0 bridgehead atoms. The lowest BCUT2D eigenvalue weighted by Gasteiger charge is -2.27. The van der Waals surface area contributed by atoms with Crippen LogP contribution in [0.4, 0.5) is 0 Å². The van der Waals surface area contributed by atoms with Crippen molar-refractivity contribution in [2.75, 3.05) is 46.0 Å². The minimum Gasteiger partial charge on any atom is -0.508 e. The molecule has 2 aliphatic rings. The van der Waals surface area contributed by atoms with Crippen molar-refractivity contribution >= 4 is 0 Å². The highest BCUT2D eigenvalue weighted by atomic mass is 16.5.